The van der Waals surface area contributed by atoms with Gasteiger partial charge >= 0.3 is 0 Å². The van der Waals surface area contributed by atoms with Gasteiger partial charge in [0.15, 0.2) is 0 Å². The van der Waals surface area contributed by atoms with Crippen LogP contribution in [0.4, 0.5) is 0 Å². The molecular weight excluding hydrogens is 278 g/mol. The molecular formula is C17H25N3O2. The van der Waals surface area contributed by atoms with Gasteiger partial charge in [0.25, 0.3) is 5.91 Å². The average molecular weight is 303 g/mol. The zero-order valence-electron chi connectivity index (χ0n) is 13.0. The Labute approximate surface area is 131 Å². The van der Waals surface area contributed by atoms with E-state index in [1.807, 2.05) is 18.3 Å². The number of amides is 1. The molecule has 0 unspecified atom stereocenters. The van der Waals surface area contributed by atoms with Gasteiger partial charge in [0.2, 0.25) is 0 Å². The van der Waals surface area contributed by atoms with Crippen LogP contribution in [-0.4, -0.2) is 65.6 Å². The molecule has 1 N–H and O–H groups in total. The lowest BCUT2D eigenvalue weighted by molar-refractivity contribution is 0.0502. The summed E-state index contributed by atoms with van der Waals surface area (Å²) >= 11 is 0. The highest BCUT2D eigenvalue weighted by Crippen LogP contribution is 2.33. The van der Waals surface area contributed by atoms with Crippen LogP contribution in [0.15, 0.2) is 18.3 Å². The Balaban J connectivity index is 1.39. The van der Waals surface area contributed by atoms with Gasteiger partial charge in [-0.2, -0.15) is 0 Å². The first-order valence-corrected chi connectivity index (χ1v) is 8.59. The van der Waals surface area contributed by atoms with Gasteiger partial charge in [-0.05, 0) is 43.7 Å². The van der Waals surface area contributed by atoms with Crippen LogP contribution in [0.25, 0.3) is 0 Å². The number of ether oxygens (including phenoxy) is 1. The molecule has 4 rings (SSSR count). The molecule has 3 aliphatic heterocycles. The van der Waals surface area contributed by atoms with E-state index in [4.69, 9.17) is 4.74 Å². The Morgan fingerprint density at radius 3 is 2.77 bits per heavy atom. The predicted octanol–water partition coefficient (Wildman–Crippen LogP) is 1.73. The summed E-state index contributed by atoms with van der Waals surface area (Å²) < 4.78 is 5.47. The molecule has 0 radical (unpaired) electrons. The van der Waals surface area contributed by atoms with Crippen molar-refractivity contribution in [1.82, 2.24) is 14.8 Å². The van der Waals surface area contributed by atoms with Gasteiger partial charge in [0.05, 0.1) is 0 Å². The number of fused-ring (bicyclic) bond motifs is 1. The van der Waals surface area contributed by atoms with Crippen LogP contribution in [-0.2, 0) is 4.74 Å². The first kappa shape index (κ1) is 14.3. The van der Waals surface area contributed by atoms with Crippen LogP contribution in [0.3, 0.4) is 0 Å². The molecule has 5 nitrogen and oxygen atoms in total. The third kappa shape index (κ3) is 2.57. The number of rotatable bonds is 3. The number of carbonyl (C=O) groups is 1. The molecule has 0 saturated carbocycles. The van der Waals surface area contributed by atoms with Gasteiger partial charge in [-0.25, -0.2) is 0 Å². The van der Waals surface area contributed by atoms with Crippen LogP contribution in [0.5, 0.6) is 0 Å². The lowest BCUT2D eigenvalue weighted by Crippen LogP contribution is -2.41. The summed E-state index contributed by atoms with van der Waals surface area (Å²) in [7, 11) is 0. The van der Waals surface area contributed by atoms with Crippen LogP contribution in [0, 0.1) is 5.92 Å². The molecule has 3 aliphatic rings. The van der Waals surface area contributed by atoms with Crippen molar-refractivity contribution >= 4 is 5.91 Å². The molecule has 3 fully saturated rings. The number of aromatic nitrogens is 1. The molecule has 2 atom stereocenters. The van der Waals surface area contributed by atoms with Gasteiger partial charge in [-0.3, -0.25) is 9.69 Å². The van der Waals surface area contributed by atoms with Crippen molar-refractivity contribution < 1.29 is 9.53 Å². The Hall–Kier alpha value is -1.33. The maximum Gasteiger partial charge on any atom is 0.270 e. The number of aromatic amines is 1. The van der Waals surface area contributed by atoms with Crippen molar-refractivity contribution in [3.63, 3.8) is 0 Å². The topological polar surface area (TPSA) is 48.6 Å². The lowest BCUT2D eigenvalue weighted by Gasteiger charge is -2.30. The van der Waals surface area contributed by atoms with Gasteiger partial charge in [-0.15, -0.1) is 0 Å². The summed E-state index contributed by atoms with van der Waals surface area (Å²) in [6.07, 6.45) is 6.46. The molecule has 5 heteroatoms. The van der Waals surface area contributed by atoms with E-state index in [0.717, 1.165) is 50.8 Å². The zero-order valence-corrected chi connectivity index (χ0v) is 13.0. The molecule has 1 aromatic heterocycles. The molecule has 4 heterocycles. The molecule has 22 heavy (non-hydrogen) atoms. The maximum absolute atomic E-state index is 12.6. The zero-order chi connectivity index (χ0) is 14.9. The Morgan fingerprint density at radius 1 is 1.18 bits per heavy atom. The summed E-state index contributed by atoms with van der Waals surface area (Å²) in [4.78, 5) is 20.4. The molecule has 3 saturated heterocycles. The fraction of sp³-hybridized carbons (Fsp3) is 0.706. The highest BCUT2D eigenvalue weighted by molar-refractivity contribution is 5.92. The van der Waals surface area contributed by atoms with Crippen molar-refractivity contribution in [2.24, 2.45) is 5.92 Å². The largest absolute Gasteiger partial charge is 0.381 e. The highest BCUT2D eigenvalue weighted by Gasteiger charge is 2.44. The second-order valence-electron chi connectivity index (χ2n) is 6.85. The standard InChI is InChI=1S/C17H25N3O2/c21-17(14-2-1-7-18-14)20-9-4-15-16(20)3-8-19(15)12-13-5-10-22-11-6-13/h1-2,7,13,15-16,18H,3-6,8-12H2/t15-,16-/m1/s1. The van der Waals surface area contributed by atoms with Crippen molar-refractivity contribution in [1.29, 1.82) is 0 Å². The van der Waals surface area contributed by atoms with E-state index >= 15 is 0 Å². The maximum atomic E-state index is 12.6. The number of nitrogens with zero attached hydrogens (tertiary/aromatic N) is 2. The first-order valence-electron chi connectivity index (χ1n) is 8.59. The number of H-pyrrole nitrogens is 1. The number of hydrogen-bond donors (Lipinski definition) is 1. The third-order valence-electron chi connectivity index (χ3n) is 5.61. The Bertz CT molecular complexity index is 510. The predicted molar refractivity (Wildman–Crippen MR) is 83.8 cm³/mol. The minimum atomic E-state index is 0.172. The first-order chi connectivity index (χ1) is 10.8. The van der Waals surface area contributed by atoms with Crippen molar-refractivity contribution in [3.05, 3.63) is 24.0 Å². The van der Waals surface area contributed by atoms with Crippen molar-refractivity contribution in [3.8, 4) is 0 Å². The number of carbonyl (C=O) groups excluding carboxylic acids is 1. The minimum absolute atomic E-state index is 0.172. The Morgan fingerprint density at radius 2 is 2.00 bits per heavy atom. The molecule has 120 valence electrons. The van der Waals surface area contributed by atoms with Gasteiger partial charge in [0, 0.05) is 51.1 Å². The van der Waals surface area contributed by atoms with E-state index in [1.54, 1.807) is 0 Å². The smallest absolute Gasteiger partial charge is 0.270 e. The molecule has 1 aromatic rings. The van der Waals surface area contributed by atoms with Crippen molar-refractivity contribution in [2.45, 2.75) is 37.8 Å². The number of nitrogens with one attached hydrogen (secondary N) is 1. The summed E-state index contributed by atoms with van der Waals surface area (Å²) in [5.41, 5.74) is 0.725. The number of hydrogen-bond acceptors (Lipinski definition) is 3. The van der Waals surface area contributed by atoms with Crippen LogP contribution in [0.1, 0.15) is 36.2 Å². The van der Waals surface area contributed by atoms with Gasteiger partial charge in [0.1, 0.15) is 5.69 Å². The fourth-order valence-corrected chi connectivity index (χ4v) is 4.43. The van der Waals surface area contributed by atoms with Crippen LogP contribution < -0.4 is 0 Å². The third-order valence-corrected chi connectivity index (χ3v) is 5.61. The van der Waals surface area contributed by atoms with Crippen LogP contribution in [0.2, 0.25) is 0 Å². The van der Waals surface area contributed by atoms with Gasteiger partial charge < -0.3 is 14.6 Å². The number of likely N-dealkylation sites (tertiary alicyclic amines) is 2. The quantitative estimate of drug-likeness (QED) is 0.925. The van der Waals surface area contributed by atoms with E-state index in [0.29, 0.717) is 12.1 Å². The summed E-state index contributed by atoms with van der Waals surface area (Å²) in [6, 6.07) is 4.76. The SMILES string of the molecule is O=C(c1ccc[nH]1)N1CC[C@@H]2[C@H]1CCN2CC1CCOCC1. The normalized spacial score (nSPS) is 29.9. The molecule has 0 aliphatic carbocycles. The molecule has 0 aromatic carbocycles. The van der Waals surface area contributed by atoms with Crippen LogP contribution >= 0.6 is 0 Å². The summed E-state index contributed by atoms with van der Waals surface area (Å²) in [5, 5.41) is 0. The van der Waals surface area contributed by atoms with E-state index in [9.17, 15) is 4.79 Å². The summed E-state index contributed by atoms with van der Waals surface area (Å²) in [6.45, 7) is 5.07. The van der Waals surface area contributed by atoms with E-state index in [1.165, 1.54) is 19.4 Å². The highest BCUT2D eigenvalue weighted by atomic mass is 16.5. The average Bonchev–Trinajstić information content (AvgIpc) is 3.26. The molecule has 1 amide bonds. The lowest BCUT2D eigenvalue weighted by atomic mass is 9.99. The minimum Gasteiger partial charge on any atom is -0.381 e. The summed E-state index contributed by atoms with van der Waals surface area (Å²) in [5.74, 6) is 0.950. The Kier molecular flexibility index (Phi) is 3.92. The second kappa shape index (κ2) is 6.05. The fourth-order valence-electron chi connectivity index (χ4n) is 4.43. The van der Waals surface area contributed by atoms with Crippen molar-refractivity contribution in [2.75, 3.05) is 32.8 Å². The van der Waals surface area contributed by atoms with E-state index < -0.39 is 0 Å². The monoisotopic (exact) mass is 303 g/mol. The van der Waals surface area contributed by atoms with E-state index in [2.05, 4.69) is 14.8 Å². The molecule has 0 spiro atoms. The second-order valence-corrected chi connectivity index (χ2v) is 6.85. The molecule has 0 bridgehead atoms. The van der Waals surface area contributed by atoms with E-state index in [-0.39, 0.29) is 5.91 Å². The van der Waals surface area contributed by atoms with Gasteiger partial charge in [-0.1, -0.05) is 0 Å².